The second-order valence-corrected chi connectivity index (χ2v) is 3.48. The largest absolute Gasteiger partial charge is 0.478 e. The first kappa shape index (κ1) is 11.8. The van der Waals surface area contributed by atoms with Gasteiger partial charge in [0.25, 0.3) is 0 Å². The zero-order chi connectivity index (χ0) is 11.6. The topological polar surface area (TPSA) is 63.6 Å². The van der Waals surface area contributed by atoms with Crippen molar-refractivity contribution in [1.29, 1.82) is 0 Å². The Morgan fingerprint density at radius 1 is 1.27 bits per heavy atom. The van der Waals surface area contributed by atoms with Gasteiger partial charge in [-0.2, -0.15) is 0 Å². The van der Waals surface area contributed by atoms with Crippen molar-refractivity contribution in [3.8, 4) is 5.75 Å². The minimum atomic E-state index is -1.24. The van der Waals surface area contributed by atoms with E-state index in [2.05, 4.69) is 0 Å². The molecular weight excluding hydrogens is 243 g/mol. The van der Waals surface area contributed by atoms with Gasteiger partial charge in [-0.3, -0.25) is 4.79 Å². The molecule has 0 heterocycles. The van der Waals surface area contributed by atoms with Gasteiger partial charge in [0.05, 0.1) is 15.6 Å². The smallest absolute Gasteiger partial charge is 0.338 e. The fourth-order valence-electron chi connectivity index (χ4n) is 0.979. The van der Waals surface area contributed by atoms with Crippen LogP contribution in [0.4, 0.5) is 0 Å². The minimum absolute atomic E-state index is 0.0775. The molecule has 0 amide bonds. The van der Waals surface area contributed by atoms with Crippen molar-refractivity contribution in [3.05, 3.63) is 27.7 Å². The van der Waals surface area contributed by atoms with Gasteiger partial charge >= 0.3 is 11.9 Å². The number of carbonyl (C=O) groups excluding carboxylic acids is 1. The van der Waals surface area contributed by atoms with Crippen LogP contribution < -0.4 is 4.74 Å². The lowest BCUT2D eigenvalue weighted by atomic mass is 10.2. The van der Waals surface area contributed by atoms with Gasteiger partial charge in [-0.1, -0.05) is 23.2 Å². The van der Waals surface area contributed by atoms with Crippen LogP contribution in [0.1, 0.15) is 17.3 Å². The molecule has 0 aliphatic carbocycles. The summed E-state index contributed by atoms with van der Waals surface area (Å²) in [6.07, 6.45) is 0. The third-order valence-electron chi connectivity index (χ3n) is 1.49. The van der Waals surface area contributed by atoms with Gasteiger partial charge in [0.1, 0.15) is 5.75 Å². The fourth-order valence-corrected chi connectivity index (χ4v) is 1.61. The molecule has 1 aromatic rings. The van der Waals surface area contributed by atoms with E-state index in [9.17, 15) is 9.59 Å². The van der Waals surface area contributed by atoms with Crippen LogP contribution in [-0.4, -0.2) is 17.0 Å². The van der Waals surface area contributed by atoms with E-state index < -0.39 is 11.9 Å². The molecule has 1 N–H and O–H groups in total. The molecule has 0 spiro atoms. The van der Waals surface area contributed by atoms with Crippen LogP contribution in [0.5, 0.6) is 5.75 Å². The van der Waals surface area contributed by atoms with Crippen LogP contribution in [0.2, 0.25) is 10.0 Å². The Morgan fingerprint density at radius 3 is 2.07 bits per heavy atom. The van der Waals surface area contributed by atoms with E-state index in [0.717, 1.165) is 0 Å². The minimum Gasteiger partial charge on any atom is -0.478 e. The van der Waals surface area contributed by atoms with Crippen LogP contribution in [0, 0.1) is 0 Å². The molecule has 80 valence electrons. The lowest BCUT2D eigenvalue weighted by Gasteiger charge is -2.05. The highest BCUT2D eigenvalue weighted by atomic mass is 35.5. The van der Waals surface area contributed by atoms with Gasteiger partial charge < -0.3 is 9.84 Å². The monoisotopic (exact) mass is 248 g/mol. The standard InChI is InChI=1S/C9H6Cl2O4/c1-4(12)15-5-2-6(10)8(9(13)14)7(11)3-5/h2-3H,1H3,(H,13,14). The van der Waals surface area contributed by atoms with Crippen molar-refractivity contribution >= 4 is 35.1 Å². The van der Waals surface area contributed by atoms with E-state index >= 15 is 0 Å². The number of carboxylic acids is 1. The van der Waals surface area contributed by atoms with Gasteiger partial charge in [-0.25, -0.2) is 4.79 Å². The highest BCUT2D eigenvalue weighted by Gasteiger charge is 2.15. The molecule has 0 aliphatic heterocycles. The van der Waals surface area contributed by atoms with Crippen molar-refractivity contribution in [2.24, 2.45) is 0 Å². The molecule has 1 aromatic carbocycles. The number of aromatic carboxylic acids is 1. The molecule has 0 bridgehead atoms. The summed E-state index contributed by atoms with van der Waals surface area (Å²) < 4.78 is 4.71. The Morgan fingerprint density at radius 2 is 1.73 bits per heavy atom. The molecule has 4 nitrogen and oxygen atoms in total. The first-order valence-electron chi connectivity index (χ1n) is 3.82. The number of benzene rings is 1. The second kappa shape index (κ2) is 4.51. The van der Waals surface area contributed by atoms with Crippen LogP contribution in [-0.2, 0) is 4.79 Å². The highest BCUT2D eigenvalue weighted by molar-refractivity contribution is 6.39. The molecule has 0 saturated carbocycles. The van der Waals surface area contributed by atoms with E-state index in [1.54, 1.807) is 0 Å². The Bertz CT molecular complexity index is 405. The van der Waals surface area contributed by atoms with E-state index in [4.69, 9.17) is 33.0 Å². The van der Waals surface area contributed by atoms with Crippen LogP contribution >= 0.6 is 23.2 Å². The van der Waals surface area contributed by atoms with Crippen molar-refractivity contribution < 1.29 is 19.4 Å². The molecule has 0 radical (unpaired) electrons. The Balaban J connectivity index is 3.19. The van der Waals surface area contributed by atoms with Crippen molar-refractivity contribution in [3.63, 3.8) is 0 Å². The normalized spacial score (nSPS) is 9.80. The first-order chi connectivity index (χ1) is 6.91. The Kier molecular flexibility index (Phi) is 3.55. The highest BCUT2D eigenvalue weighted by Crippen LogP contribution is 2.30. The van der Waals surface area contributed by atoms with Crippen LogP contribution in [0.25, 0.3) is 0 Å². The fraction of sp³-hybridized carbons (Fsp3) is 0.111. The number of carboxylic acid groups (broad SMARTS) is 1. The maximum Gasteiger partial charge on any atom is 0.338 e. The van der Waals surface area contributed by atoms with Gasteiger partial charge in [0, 0.05) is 19.1 Å². The number of hydrogen-bond donors (Lipinski definition) is 1. The predicted octanol–water partition coefficient (Wildman–Crippen LogP) is 2.62. The molecule has 0 aliphatic rings. The van der Waals surface area contributed by atoms with E-state index in [0.29, 0.717) is 0 Å². The zero-order valence-electron chi connectivity index (χ0n) is 7.58. The van der Waals surface area contributed by atoms with Crippen molar-refractivity contribution in [2.45, 2.75) is 6.92 Å². The summed E-state index contributed by atoms with van der Waals surface area (Å²) in [5.41, 5.74) is -0.214. The maximum absolute atomic E-state index is 10.7. The number of esters is 1. The molecule has 0 fully saturated rings. The zero-order valence-corrected chi connectivity index (χ0v) is 9.09. The summed E-state index contributed by atoms with van der Waals surface area (Å²) in [4.78, 5) is 21.3. The summed E-state index contributed by atoms with van der Waals surface area (Å²) in [5.74, 6) is -1.66. The lowest BCUT2D eigenvalue weighted by Crippen LogP contribution is -2.04. The molecule has 0 saturated heterocycles. The average molecular weight is 249 g/mol. The van der Waals surface area contributed by atoms with Crippen LogP contribution in [0.15, 0.2) is 12.1 Å². The summed E-state index contributed by atoms with van der Waals surface area (Å²) in [6, 6.07) is 2.44. The SMILES string of the molecule is CC(=O)Oc1cc(Cl)c(C(=O)O)c(Cl)c1. The molecule has 1 rings (SSSR count). The second-order valence-electron chi connectivity index (χ2n) is 2.66. The number of hydrogen-bond acceptors (Lipinski definition) is 3. The number of ether oxygens (including phenoxy) is 1. The first-order valence-corrected chi connectivity index (χ1v) is 4.58. The summed E-state index contributed by atoms with van der Waals surface area (Å²) in [7, 11) is 0. The molecular formula is C9H6Cl2O4. The van der Waals surface area contributed by atoms with Gasteiger partial charge in [-0.05, 0) is 0 Å². The number of carbonyl (C=O) groups is 2. The number of rotatable bonds is 2. The Labute approximate surface area is 95.4 Å². The Hall–Kier alpha value is -1.26. The van der Waals surface area contributed by atoms with Gasteiger partial charge in [-0.15, -0.1) is 0 Å². The quantitative estimate of drug-likeness (QED) is 0.646. The summed E-state index contributed by atoms with van der Waals surface area (Å²) >= 11 is 11.3. The third kappa shape index (κ3) is 2.84. The maximum atomic E-state index is 10.7. The van der Waals surface area contributed by atoms with Crippen molar-refractivity contribution in [1.82, 2.24) is 0 Å². The average Bonchev–Trinajstić information content (AvgIpc) is 1.99. The predicted molar refractivity (Wildman–Crippen MR) is 54.7 cm³/mol. The van der Waals surface area contributed by atoms with E-state index in [1.165, 1.54) is 19.1 Å². The third-order valence-corrected chi connectivity index (χ3v) is 2.09. The van der Waals surface area contributed by atoms with E-state index in [-0.39, 0.29) is 21.4 Å². The lowest BCUT2D eigenvalue weighted by molar-refractivity contribution is -0.131. The summed E-state index contributed by atoms with van der Waals surface area (Å²) in [5, 5.41) is 8.59. The van der Waals surface area contributed by atoms with Crippen LogP contribution in [0.3, 0.4) is 0 Å². The molecule has 15 heavy (non-hydrogen) atoms. The molecule has 6 heteroatoms. The van der Waals surface area contributed by atoms with E-state index in [1.807, 2.05) is 0 Å². The molecule has 0 aromatic heterocycles. The van der Waals surface area contributed by atoms with Gasteiger partial charge in [0.15, 0.2) is 0 Å². The number of halogens is 2. The molecule has 0 unspecified atom stereocenters. The van der Waals surface area contributed by atoms with Gasteiger partial charge in [0.2, 0.25) is 0 Å². The molecule has 0 atom stereocenters. The van der Waals surface area contributed by atoms with Crippen molar-refractivity contribution in [2.75, 3.05) is 0 Å². The summed E-state index contributed by atoms with van der Waals surface area (Å²) in [6.45, 7) is 1.22.